The van der Waals surface area contributed by atoms with E-state index in [1.165, 1.54) is 0 Å². The van der Waals surface area contributed by atoms with Crippen LogP contribution in [-0.2, 0) is 12.9 Å². The number of nitriles is 1. The molecule has 4 nitrogen and oxygen atoms in total. The summed E-state index contributed by atoms with van der Waals surface area (Å²) in [6.07, 6.45) is 0. The van der Waals surface area contributed by atoms with Gasteiger partial charge in [-0.1, -0.05) is 12.1 Å². The quantitative estimate of drug-likeness (QED) is 0.745. The van der Waals surface area contributed by atoms with E-state index < -0.39 is 0 Å². The van der Waals surface area contributed by atoms with E-state index in [2.05, 4.69) is 16.3 Å². The number of alkyl halides is 1. The maximum atomic E-state index is 8.82. The van der Waals surface area contributed by atoms with Crippen LogP contribution in [0.1, 0.15) is 11.4 Å². The fourth-order valence-electron chi connectivity index (χ4n) is 1.46. The lowest BCUT2D eigenvalue weighted by atomic mass is 10.1. The monoisotopic (exact) mass is 232 g/mol. The van der Waals surface area contributed by atoms with Gasteiger partial charge in [0.1, 0.15) is 5.82 Å². The lowest BCUT2D eigenvalue weighted by Gasteiger charge is -2.02. The van der Waals surface area contributed by atoms with Crippen LogP contribution in [-0.4, -0.2) is 14.8 Å². The van der Waals surface area contributed by atoms with Gasteiger partial charge in [-0.3, -0.25) is 0 Å². The van der Waals surface area contributed by atoms with Crippen molar-refractivity contribution in [3.05, 3.63) is 35.7 Å². The van der Waals surface area contributed by atoms with Crippen molar-refractivity contribution >= 4 is 11.6 Å². The Balaban J connectivity index is 2.51. The molecule has 80 valence electrons. The summed E-state index contributed by atoms with van der Waals surface area (Å²) < 4.78 is 1.82. The first-order valence-electron chi connectivity index (χ1n) is 4.71. The largest absolute Gasteiger partial charge is 0.313 e. The summed E-state index contributed by atoms with van der Waals surface area (Å²) in [5.41, 5.74) is 1.47. The summed E-state index contributed by atoms with van der Waals surface area (Å²) in [7, 11) is 1.85. The highest BCUT2D eigenvalue weighted by molar-refractivity contribution is 6.16. The summed E-state index contributed by atoms with van der Waals surface area (Å²) in [5, 5.41) is 16.8. The molecule has 1 heterocycles. The minimum atomic E-state index is 0.321. The van der Waals surface area contributed by atoms with Crippen LogP contribution in [0, 0.1) is 11.3 Å². The van der Waals surface area contributed by atoms with Gasteiger partial charge in [0.25, 0.3) is 0 Å². The molecule has 0 aliphatic carbocycles. The van der Waals surface area contributed by atoms with Gasteiger partial charge < -0.3 is 4.57 Å². The van der Waals surface area contributed by atoms with Gasteiger partial charge in [0, 0.05) is 12.6 Å². The van der Waals surface area contributed by atoms with Crippen LogP contribution in [0.5, 0.6) is 0 Å². The van der Waals surface area contributed by atoms with Crippen molar-refractivity contribution in [3.63, 3.8) is 0 Å². The summed E-state index contributed by atoms with van der Waals surface area (Å²) >= 11 is 5.72. The van der Waals surface area contributed by atoms with Crippen LogP contribution in [0.2, 0.25) is 0 Å². The molecule has 1 aromatic heterocycles. The molecule has 5 heteroatoms. The molecule has 0 radical (unpaired) electrons. The zero-order valence-corrected chi connectivity index (χ0v) is 9.44. The van der Waals surface area contributed by atoms with Crippen LogP contribution < -0.4 is 0 Å². The standard InChI is InChI=1S/C11H9ClN4/c1-16-10(6-12)14-15-11(16)9-4-2-3-8(5-9)7-13/h2-5H,6H2,1H3. The van der Waals surface area contributed by atoms with Crippen LogP contribution in [0.4, 0.5) is 0 Å². The second kappa shape index (κ2) is 4.33. The molecule has 0 spiro atoms. The molecular formula is C11H9ClN4. The molecule has 1 aromatic carbocycles. The van der Waals surface area contributed by atoms with Gasteiger partial charge in [-0.2, -0.15) is 5.26 Å². The van der Waals surface area contributed by atoms with E-state index in [1.54, 1.807) is 12.1 Å². The van der Waals surface area contributed by atoms with Gasteiger partial charge in [0.05, 0.1) is 17.5 Å². The van der Waals surface area contributed by atoms with Crippen molar-refractivity contribution in [1.29, 1.82) is 5.26 Å². The van der Waals surface area contributed by atoms with Gasteiger partial charge in [-0.15, -0.1) is 21.8 Å². The van der Waals surface area contributed by atoms with Gasteiger partial charge in [-0.05, 0) is 12.1 Å². The molecular weight excluding hydrogens is 224 g/mol. The van der Waals surface area contributed by atoms with Crippen molar-refractivity contribution in [2.24, 2.45) is 7.05 Å². The SMILES string of the molecule is Cn1c(CCl)nnc1-c1cccc(C#N)c1. The Kier molecular flexibility index (Phi) is 2.88. The average molecular weight is 233 g/mol. The van der Waals surface area contributed by atoms with E-state index in [4.69, 9.17) is 16.9 Å². The van der Waals surface area contributed by atoms with Gasteiger partial charge >= 0.3 is 0 Å². The third kappa shape index (κ3) is 1.77. The highest BCUT2D eigenvalue weighted by atomic mass is 35.5. The fourth-order valence-corrected chi connectivity index (χ4v) is 1.69. The number of aromatic nitrogens is 3. The third-order valence-electron chi connectivity index (χ3n) is 2.33. The number of benzene rings is 1. The zero-order valence-electron chi connectivity index (χ0n) is 8.68. The number of rotatable bonds is 2. The van der Waals surface area contributed by atoms with E-state index in [1.807, 2.05) is 23.7 Å². The fraction of sp³-hybridized carbons (Fsp3) is 0.182. The first-order chi connectivity index (χ1) is 7.76. The van der Waals surface area contributed by atoms with Crippen LogP contribution >= 0.6 is 11.6 Å². The number of hydrogen-bond donors (Lipinski definition) is 0. The molecule has 0 fully saturated rings. The first kappa shape index (κ1) is 10.7. The van der Waals surface area contributed by atoms with Crippen molar-refractivity contribution < 1.29 is 0 Å². The predicted molar refractivity (Wildman–Crippen MR) is 60.7 cm³/mol. The minimum absolute atomic E-state index is 0.321. The number of halogens is 1. The highest BCUT2D eigenvalue weighted by Gasteiger charge is 2.09. The van der Waals surface area contributed by atoms with Crippen molar-refractivity contribution in [2.45, 2.75) is 5.88 Å². The lowest BCUT2D eigenvalue weighted by molar-refractivity contribution is 0.853. The Morgan fingerprint density at radius 1 is 1.44 bits per heavy atom. The predicted octanol–water partition coefficient (Wildman–Crippen LogP) is 2.09. The normalized spacial score (nSPS) is 10.1. The summed E-state index contributed by atoms with van der Waals surface area (Å²) in [6.45, 7) is 0. The van der Waals surface area contributed by atoms with Gasteiger partial charge in [0.15, 0.2) is 5.82 Å². The maximum absolute atomic E-state index is 8.82. The molecule has 0 aliphatic heterocycles. The van der Waals surface area contributed by atoms with E-state index in [0.717, 1.165) is 5.56 Å². The summed E-state index contributed by atoms with van der Waals surface area (Å²) in [5.74, 6) is 1.74. The van der Waals surface area contributed by atoms with Crippen molar-refractivity contribution in [2.75, 3.05) is 0 Å². The van der Waals surface area contributed by atoms with Crippen LogP contribution in [0.25, 0.3) is 11.4 Å². The van der Waals surface area contributed by atoms with Gasteiger partial charge in [0.2, 0.25) is 0 Å². The van der Waals surface area contributed by atoms with E-state index in [0.29, 0.717) is 23.1 Å². The Hall–Kier alpha value is -1.86. The minimum Gasteiger partial charge on any atom is -0.313 e. The smallest absolute Gasteiger partial charge is 0.163 e. The summed E-state index contributed by atoms with van der Waals surface area (Å²) in [6, 6.07) is 9.34. The molecule has 0 unspecified atom stereocenters. The first-order valence-corrected chi connectivity index (χ1v) is 5.24. The maximum Gasteiger partial charge on any atom is 0.163 e. The molecule has 2 aromatic rings. The van der Waals surface area contributed by atoms with Crippen molar-refractivity contribution in [3.8, 4) is 17.5 Å². The summed E-state index contributed by atoms with van der Waals surface area (Å²) in [4.78, 5) is 0. The third-order valence-corrected chi connectivity index (χ3v) is 2.57. The second-order valence-corrected chi connectivity index (χ2v) is 3.59. The van der Waals surface area contributed by atoms with E-state index in [-0.39, 0.29) is 0 Å². The Labute approximate surface area is 98.1 Å². The number of hydrogen-bond acceptors (Lipinski definition) is 3. The number of nitrogens with zero attached hydrogens (tertiary/aromatic N) is 4. The van der Waals surface area contributed by atoms with E-state index in [9.17, 15) is 0 Å². The zero-order chi connectivity index (χ0) is 11.5. The molecule has 0 N–H and O–H groups in total. The Bertz CT molecular complexity index is 553. The molecule has 0 bridgehead atoms. The van der Waals surface area contributed by atoms with Crippen LogP contribution in [0.15, 0.2) is 24.3 Å². The molecule has 0 aliphatic rings. The highest BCUT2D eigenvalue weighted by Crippen LogP contribution is 2.18. The van der Waals surface area contributed by atoms with Crippen LogP contribution in [0.3, 0.4) is 0 Å². The molecule has 16 heavy (non-hydrogen) atoms. The average Bonchev–Trinajstić information content (AvgIpc) is 2.70. The Morgan fingerprint density at radius 2 is 2.25 bits per heavy atom. The molecule has 0 atom stereocenters. The lowest BCUT2D eigenvalue weighted by Crippen LogP contribution is -1.97. The second-order valence-electron chi connectivity index (χ2n) is 3.33. The molecule has 0 amide bonds. The Morgan fingerprint density at radius 3 is 2.88 bits per heavy atom. The van der Waals surface area contributed by atoms with E-state index >= 15 is 0 Å². The molecule has 0 saturated heterocycles. The molecule has 0 saturated carbocycles. The van der Waals surface area contributed by atoms with Crippen molar-refractivity contribution in [1.82, 2.24) is 14.8 Å². The van der Waals surface area contributed by atoms with Gasteiger partial charge in [-0.25, -0.2) is 0 Å². The molecule has 2 rings (SSSR count). The topological polar surface area (TPSA) is 54.5 Å².